The average molecular weight is 570 g/mol. The molecular weight excluding hydrogens is 534 g/mol. The van der Waals surface area contributed by atoms with Crippen LogP contribution < -0.4 is 16.0 Å². The molecule has 10 nitrogen and oxygen atoms in total. The highest BCUT2D eigenvalue weighted by atomic mass is 16.2. The Bertz CT molecular complexity index is 1480. The van der Waals surface area contributed by atoms with E-state index in [4.69, 9.17) is 0 Å². The Morgan fingerprint density at radius 2 is 1.71 bits per heavy atom. The van der Waals surface area contributed by atoms with Gasteiger partial charge in [-0.05, 0) is 61.6 Å². The Kier molecular flexibility index (Phi) is 7.78. The second kappa shape index (κ2) is 11.8. The standard InChI is InChI=1S/C32H35N5O5/c38-28(31(41)34-17-19-6-2-1-3-7-19)25(15-22-12-13-33-29(22)39)36-30(40)27-16-23(20-10-11-20)18-37(27)32(42)26-14-21-8-4-5-9-24(21)35-26/h1-9,14,20,22-23,25,27,35H,10-13,15-18H2,(H,33,39)(H,34,41)(H,36,40)/t22-,23+,25-,27-/m0/s1. The van der Waals surface area contributed by atoms with Gasteiger partial charge in [-0.25, -0.2) is 0 Å². The number of carbonyl (C=O) groups is 5. The molecule has 6 rings (SSSR count). The zero-order valence-electron chi connectivity index (χ0n) is 23.3. The first kappa shape index (κ1) is 27.7. The van der Waals surface area contributed by atoms with E-state index >= 15 is 0 Å². The molecule has 1 aromatic heterocycles. The number of aromatic amines is 1. The second-order valence-corrected chi connectivity index (χ2v) is 11.7. The third-order valence-electron chi connectivity index (χ3n) is 8.78. The van der Waals surface area contributed by atoms with Crippen molar-refractivity contribution in [2.75, 3.05) is 13.1 Å². The number of rotatable bonds is 10. The summed E-state index contributed by atoms with van der Waals surface area (Å²) in [4.78, 5) is 71.0. The molecule has 2 saturated heterocycles. The number of hydrogen-bond acceptors (Lipinski definition) is 5. The van der Waals surface area contributed by atoms with Crippen molar-refractivity contribution in [1.29, 1.82) is 0 Å². The molecule has 0 unspecified atom stereocenters. The summed E-state index contributed by atoms with van der Waals surface area (Å²) in [7, 11) is 0. The monoisotopic (exact) mass is 569 g/mol. The lowest BCUT2D eigenvalue weighted by Crippen LogP contribution is -2.54. The predicted molar refractivity (Wildman–Crippen MR) is 155 cm³/mol. The number of fused-ring (bicyclic) bond motifs is 1. The Morgan fingerprint density at radius 3 is 2.43 bits per heavy atom. The summed E-state index contributed by atoms with van der Waals surface area (Å²) in [6, 6.07) is 16.6. The van der Waals surface area contributed by atoms with Gasteiger partial charge in [0.2, 0.25) is 17.6 Å². The molecule has 0 spiro atoms. The van der Waals surface area contributed by atoms with E-state index in [1.807, 2.05) is 54.6 Å². The number of benzene rings is 2. The highest BCUT2D eigenvalue weighted by Crippen LogP contribution is 2.43. The fourth-order valence-electron chi connectivity index (χ4n) is 6.27. The van der Waals surface area contributed by atoms with Crippen molar-refractivity contribution in [2.45, 2.75) is 50.7 Å². The van der Waals surface area contributed by atoms with Gasteiger partial charge in [0.1, 0.15) is 11.7 Å². The molecule has 4 atom stereocenters. The number of para-hydroxylation sites is 1. The van der Waals surface area contributed by atoms with Crippen molar-refractivity contribution in [3.63, 3.8) is 0 Å². The number of amides is 4. The third kappa shape index (κ3) is 5.93. The normalized spacial score (nSPS) is 22.5. The quantitative estimate of drug-likeness (QED) is 0.278. The molecule has 1 saturated carbocycles. The number of carbonyl (C=O) groups excluding carboxylic acids is 5. The molecule has 2 aliphatic heterocycles. The van der Waals surface area contributed by atoms with E-state index in [0.29, 0.717) is 37.5 Å². The maximum absolute atomic E-state index is 13.8. The van der Waals surface area contributed by atoms with Gasteiger partial charge in [-0.15, -0.1) is 0 Å². The number of likely N-dealkylation sites (tertiary alicyclic amines) is 1. The largest absolute Gasteiger partial charge is 0.356 e. The molecule has 3 aliphatic rings. The van der Waals surface area contributed by atoms with Crippen LogP contribution in [0.3, 0.4) is 0 Å². The molecular formula is C32H35N5O5. The van der Waals surface area contributed by atoms with Crippen molar-refractivity contribution >= 4 is 40.3 Å². The first-order chi connectivity index (χ1) is 20.4. The highest BCUT2D eigenvalue weighted by Gasteiger charge is 2.46. The topological polar surface area (TPSA) is 140 Å². The summed E-state index contributed by atoms with van der Waals surface area (Å²) in [5, 5.41) is 9.09. The van der Waals surface area contributed by atoms with E-state index in [2.05, 4.69) is 20.9 Å². The number of hydrogen-bond donors (Lipinski definition) is 4. The van der Waals surface area contributed by atoms with Gasteiger partial charge >= 0.3 is 0 Å². The van der Waals surface area contributed by atoms with Crippen molar-refractivity contribution in [3.8, 4) is 0 Å². The van der Waals surface area contributed by atoms with E-state index in [-0.39, 0.29) is 30.7 Å². The first-order valence-electron chi connectivity index (χ1n) is 14.7. The van der Waals surface area contributed by atoms with E-state index in [1.165, 1.54) is 0 Å². The van der Waals surface area contributed by atoms with Crippen LogP contribution >= 0.6 is 0 Å². The first-order valence-corrected chi connectivity index (χ1v) is 14.7. The van der Waals surface area contributed by atoms with Crippen LogP contribution in [-0.4, -0.2) is 64.5 Å². The Balaban J connectivity index is 1.20. The highest BCUT2D eigenvalue weighted by molar-refractivity contribution is 6.38. The number of Topliss-reactive ketones (excluding diaryl/α,β-unsaturated/α-hetero) is 1. The van der Waals surface area contributed by atoms with E-state index in [9.17, 15) is 24.0 Å². The van der Waals surface area contributed by atoms with Crippen LogP contribution in [-0.2, 0) is 25.7 Å². The number of nitrogens with zero attached hydrogens (tertiary/aromatic N) is 1. The molecule has 3 aromatic rings. The second-order valence-electron chi connectivity index (χ2n) is 11.7. The lowest BCUT2D eigenvalue weighted by molar-refractivity contribution is -0.141. The minimum absolute atomic E-state index is 0.0178. The summed E-state index contributed by atoms with van der Waals surface area (Å²) in [6.45, 7) is 1.10. The molecule has 4 N–H and O–H groups in total. The fraction of sp³-hybridized carbons (Fsp3) is 0.406. The smallest absolute Gasteiger partial charge is 0.289 e. The molecule has 1 aliphatic carbocycles. The van der Waals surface area contributed by atoms with Crippen LogP contribution in [0.25, 0.3) is 10.9 Å². The van der Waals surface area contributed by atoms with Crippen LogP contribution in [0.4, 0.5) is 0 Å². The summed E-state index contributed by atoms with van der Waals surface area (Å²) >= 11 is 0. The van der Waals surface area contributed by atoms with Gasteiger partial charge < -0.3 is 25.8 Å². The molecule has 10 heteroatoms. The minimum Gasteiger partial charge on any atom is -0.356 e. The van der Waals surface area contributed by atoms with Crippen molar-refractivity contribution in [1.82, 2.24) is 25.8 Å². The maximum Gasteiger partial charge on any atom is 0.289 e. The SMILES string of the molecule is O=C(NCc1ccccc1)C(=O)[C@H](C[C@@H]1CCNC1=O)NC(=O)[C@@H]1C[C@@H](C2CC2)CN1C(=O)c1cc2ccccc2[nH]1. The van der Waals surface area contributed by atoms with Gasteiger partial charge in [0, 0.05) is 36.5 Å². The lowest BCUT2D eigenvalue weighted by Gasteiger charge is -2.26. The molecule has 0 radical (unpaired) electrons. The Hall–Kier alpha value is -4.47. The van der Waals surface area contributed by atoms with Gasteiger partial charge in [0.15, 0.2) is 0 Å². The number of nitrogens with one attached hydrogen (secondary N) is 4. The summed E-state index contributed by atoms with van der Waals surface area (Å²) < 4.78 is 0. The van der Waals surface area contributed by atoms with Crippen LogP contribution in [0, 0.1) is 17.8 Å². The van der Waals surface area contributed by atoms with Crippen molar-refractivity contribution in [2.24, 2.45) is 17.8 Å². The summed E-state index contributed by atoms with van der Waals surface area (Å²) in [5.74, 6) is -2.39. The number of ketones is 1. The van der Waals surface area contributed by atoms with E-state index in [1.54, 1.807) is 11.0 Å². The summed E-state index contributed by atoms with van der Waals surface area (Å²) in [6.07, 6.45) is 3.18. The maximum atomic E-state index is 13.8. The molecule has 3 heterocycles. The van der Waals surface area contributed by atoms with Crippen molar-refractivity contribution in [3.05, 3.63) is 71.9 Å². The summed E-state index contributed by atoms with van der Waals surface area (Å²) in [5.41, 5.74) is 2.07. The van der Waals surface area contributed by atoms with Gasteiger partial charge in [0.25, 0.3) is 11.8 Å². The average Bonchev–Trinajstić information content (AvgIpc) is 3.41. The minimum atomic E-state index is -1.19. The zero-order valence-corrected chi connectivity index (χ0v) is 23.3. The molecule has 218 valence electrons. The molecule has 2 aromatic carbocycles. The van der Waals surface area contributed by atoms with Crippen molar-refractivity contribution < 1.29 is 24.0 Å². The number of aromatic nitrogens is 1. The molecule has 3 fully saturated rings. The Morgan fingerprint density at radius 1 is 0.952 bits per heavy atom. The van der Waals surface area contributed by atoms with Gasteiger partial charge in [-0.3, -0.25) is 24.0 Å². The molecule has 4 amide bonds. The van der Waals surface area contributed by atoms with Crippen LogP contribution in [0.2, 0.25) is 0 Å². The zero-order chi connectivity index (χ0) is 29.2. The van der Waals surface area contributed by atoms with Crippen LogP contribution in [0.5, 0.6) is 0 Å². The predicted octanol–water partition coefficient (Wildman–Crippen LogP) is 2.31. The molecule has 0 bridgehead atoms. The van der Waals surface area contributed by atoms with Gasteiger partial charge in [0.05, 0.1) is 6.04 Å². The van der Waals surface area contributed by atoms with E-state index in [0.717, 1.165) is 29.3 Å². The lowest BCUT2D eigenvalue weighted by atomic mass is 9.94. The van der Waals surface area contributed by atoms with E-state index < -0.39 is 35.6 Å². The van der Waals surface area contributed by atoms with Crippen LogP contribution in [0.1, 0.15) is 48.2 Å². The third-order valence-corrected chi connectivity index (χ3v) is 8.78. The fourth-order valence-corrected chi connectivity index (χ4v) is 6.27. The van der Waals surface area contributed by atoms with Crippen LogP contribution in [0.15, 0.2) is 60.7 Å². The number of H-pyrrole nitrogens is 1. The molecule has 42 heavy (non-hydrogen) atoms. The Labute approximate surface area is 243 Å². The van der Waals surface area contributed by atoms with Gasteiger partial charge in [-0.1, -0.05) is 48.5 Å². The van der Waals surface area contributed by atoms with Gasteiger partial charge in [-0.2, -0.15) is 0 Å².